The van der Waals surface area contributed by atoms with E-state index in [0.29, 0.717) is 24.6 Å². The molecule has 0 radical (unpaired) electrons. The predicted molar refractivity (Wildman–Crippen MR) is 102 cm³/mol. The summed E-state index contributed by atoms with van der Waals surface area (Å²) in [5.74, 6) is 1.03. The molecule has 8 nitrogen and oxygen atoms in total. The highest BCUT2D eigenvalue weighted by Gasteiger charge is 2.30. The molecule has 1 aromatic rings. The fourth-order valence-electron chi connectivity index (χ4n) is 2.58. The van der Waals surface area contributed by atoms with Crippen molar-refractivity contribution in [3.63, 3.8) is 0 Å². The van der Waals surface area contributed by atoms with Crippen LogP contribution >= 0.6 is 11.8 Å². The molecule has 0 aromatic heterocycles. The van der Waals surface area contributed by atoms with Crippen molar-refractivity contribution >= 4 is 33.7 Å². The molecule has 0 bridgehead atoms. The Kier molecular flexibility index (Phi) is 7.93. The van der Waals surface area contributed by atoms with E-state index in [4.69, 9.17) is 4.74 Å². The average Bonchev–Trinajstić information content (AvgIpc) is 2.70. The summed E-state index contributed by atoms with van der Waals surface area (Å²) in [5, 5.41) is 0. The van der Waals surface area contributed by atoms with Crippen LogP contribution in [-0.4, -0.2) is 81.4 Å². The topological polar surface area (TPSA) is 93.2 Å². The minimum Gasteiger partial charge on any atom is -0.497 e. The number of hydrogen-bond acceptors (Lipinski definition) is 7. The van der Waals surface area contributed by atoms with Crippen LogP contribution in [-0.2, 0) is 24.3 Å². The van der Waals surface area contributed by atoms with Crippen LogP contribution in [0, 0.1) is 0 Å². The first-order chi connectivity index (χ1) is 12.9. The van der Waals surface area contributed by atoms with Crippen LogP contribution in [0.2, 0.25) is 0 Å². The molecule has 1 saturated heterocycles. The molecule has 1 aliphatic rings. The van der Waals surface area contributed by atoms with E-state index in [1.165, 1.54) is 42.4 Å². The molecular weight excluding hydrogens is 392 g/mol. The monoisotopic (exact) mass is 416 g/mol. The smallest absolute Gasteiger partial charge is 0.306 e. The van der Waals surface area contributed by atoms with Gasteiger partial charge in [0.2, 0.25) is 15.9 Å². The first kappa shape index (κ1) is 21.5. The fraction of sp³-hybridized carbons (Fsp3) is 0.529. The van der Waals surface area contributed by atoms with E-state index in [1.807, 2.05) is 0 Å². The highest BCUT2D eigenvalue weighted by atomic mass is 32.2. The summed E-state index contributed by atoms with van der Waals surface area (Å²) in [6, 6.07) is 6.25. The van der Waals surface area contributed by atoms with E-state index in [-0.39, 0.29) is 42.0 Å². The van der Waals surface area contributed by atoms with Gasteiger partial charge in [-0.15, -0.1) is 0 Å². The van der Waals surface area contributed by atoms with Crippen LogP contribution in [0.25, 0.3) is 0 Å². The molecule has 1 amide bonds. The Morgan fingerprint density at radius 3 is 2.26 bits per heavy atom. The lowest BCUT2D eigenvalue weighted by atomic mass is 10.3. The van der Waals surface area contributed by atoms with E-state index >= 15 is 0 Å². The lowest BCUT2D eigenvalue weighted by Gasteiger charge is -2.34. The summed E-state index contributed by atoms with van der Waals surface area (Å²) in [7, 11) is -0.734. The van der Waals surface area contributed by atoms with Gasteiger partial charge in [-0.25, -0.2) is 8.42 Å². The van der Waals surface area contributed by atoms with Gasteiger partial charge in [0.05, 0.1) is 31.3 Å². The number of esters is 1. The lowest BCUT2D eigenvalue weighted by molar-refractivity contribution is -0.140. The summed E-state index contributed by atoms with van der Waals surface area (Å²) in [4.78, 5) is 25.1. The zero-order chi connectivity index (χ0) is 19.9. The van der Waals surface area contributed by atoms with Crippen LogP contribution in [0.5, 0.6) is 5.75 Å². The maximum Gasteiger partial charge on any atom is 0.306 e. The number of rotatable bonds is 8. The van der Waals surface area contributed by atoms with E-state index in [0.717, 1.165) is 0 Å². The van der Waals surface area contributed by atoms with Crippen LogP contribution in [0.15, 0.2) is 29.2 Å². The molecule has 0 atom stereocenters. The maximum atomic E-state index is 12.7. The molecule has 10 heteroatoms. The Hall–Kier alpha value is -1.78. The van der Waals surface area contributed by atoms with Crippen molar-refractivity contribution in [2.45, 2.75) is 11.3 Å². The zero-order valence-corrected chi connectivity index (χ0v) is 17.1. The third-order valence-electron chi connectivity index (χ3n) is 4.19. The van der Waals surface area contributed by atoms with Gasteiger partial charge >= 0.3 is 5.97 Å². The largest absolute Gasteiger partial charge is 0.497 e. The molecule has 0 saturated carbocycles. The van der Waals surface area contributed by atoms with E-state index in [9.17, 15) is 18.0 Å². The maximum absolute atomic E-state index is 12.7. The zero-order valence-electron chi connectivity index (χ0n) is 15.4. The highest BCUT2D eigenvalue weighted by Crippen LogP contribution is 2.21. The van der Waals surface area contributed by atoms with Gasteiger partial charge in [0.1, 0.15) is 5.75 Å². The third kappa shape index (κ3) is 5.85. The molecule has 0 N–H and O–H groups in total. The van der Waals surface area contributed by atoms with Crippen molar-refractivity contribution in [2.75, 3.05) is 51.9 Å². The molecule has 0 unspecified atom stereocenters. The van der Waals surface area contributed by atoms with Gasteiger partial charge in [-0.1, -0.05) is 0 Å². The normalized spacial score (nSPS) is 15.4. The molecule has 1 aliphatic heterocycles. The van der Waals surface area contributed by atoms with Gasteiger partial charge in [-0.3, -0.25) is 9.59 Å². The summed E-state index contributed by atoms with van der Waals surface area (Å²) >= 11 is 1.37. The SMILES string of the molecule is COC(=O)CCSCC(=O)N1CCN(S(=O)(=O)c2ccc(OC)cc2)CC1. The molecule has 1 fully saturated rings. The first-order valence-electron chi connectivity index (χ1n) is 8.45. The van der Waals surface area contributed by atoms with Crippen molar-refractivity contribution in [2.24, 2.45) is 0 Å². The van der Waals surface area contributed by atoms with Crippen LogP contribution in [0.4, 0.5) is 0 Å². The minimum absolute atomic E-state index is 0.0497. The number of methoxy groups -OCH3 is 2. The number of carbonyl (C=O) groups is 2. The number of benzene rings is 1. The van der Waals surface area contributed by atoms with Crippen LogP contribution < -0.4 is 4.74 Å². The Bertz CT molecular complexity index is 743. The van der Waals surface area contributed by atoms with Crippen molar-refractivity contribution in [3.8, 4) is 5.75 Å². The van der Waals surface area contributed by atoms with Gasteiger partial charge in [0.25, 0.3) is 0 Å². The Balaban J connectivity index is 1.83. The Morgan fingerprint density at radius 2 is 1.70 bits per heavy atom. The van der Waals surface area contributed by atoms with Gasteiger partial charge in [-0.05, 0) is 24.3 Å². The second-order valence-corrected chi connectivity index (χ2v) is 8.88. The standard InChI is InChI=1S/C17H24N2O6S2/c1-24-14-3-5-15(6-4-14)27(22,23)19-10-8-18(9-11-19)16(20)13-26-12-7-17(21)25-2/h3-6H,7-13H2,1-2H3. The molecule has 2 rings (SSSR count). The summed E-state index contributed by atoms with van der Waals surface area (Å²) in [5.41, 5.74) is 0. The number of amides is 1. The molecule has 1 aromatic carbocycles. The summed E-state index contributed by atoms with van der Waals surface area (Å²) in [6.45, 7) is 1.22. The summed E-state index contributed by atoms with van der Waals surface area (Å²) < 4.78 is 36.4. The van der Waals surface area contributed by atoms with Gasteiger partial charge in [0.15, 0.2) is 0 Å². The number of ether oxygens (including phenoxy) is 2. The molecule has 1 heterocycles. The van der Waals surface area contributed by atoms with Crippen LogP contribution in [0.3, 0.4) is 0 Å². The van der Waals surface area contributed by atoms with E-state index in [2.05, 4.69) is 4.74 Å². The third-order valence-corrected chi connectivity index (χ3v) is 7.05. The number of thioether (sulfide) groups is 1. The predicted octanol–water partition coefficient (Wildman–Crippen LogP) is 0.824. The van der Waals surface area contributed by atoms with Crippen molar-refractivity contribution in [1.82, 2.24) is 9.21 Å². The number of carbonyl (C=O) groups excluding carboxylic acids is 2. The quantitative estimate of drug-likeness (QED) is 0.458. The second-order valence-electron chi connectivity index (χ2n) is 5.84. The summed E-state index contributed by atoms with van der Waals surface area (Å²) in [6.07, 6.45) is 0.266. The molecule has 0 spiro atoms. The molecule has 0 aliphatic carbocycles. The molecular formula is C17H24N2O6S2. The molecule has 150 valence electrons. The van der Waals surface area contributed by atoms with Gasteiger partial charge < -0.3 is 14.4 Å². The van der Waals surface area contributed by atoms with Crippen molar-refractivity contribution in [1.29, 1.82) is 0 Å². The Labute approximate surface area is 163 Å². The van der Waals surface area contributed by atoms with E-state index in [1.54, 1.807) is 17.0 Å². The highest BCUT2D eigenvalue weighted by molar-refractivity contribution is 7.99. The Morgan fingerprint density at radius 1 is 1.07 bits per heavy atom. The first-order valence-corrected chi connectivity index (χ1v) is 11.0. The average molecular weight is 417 g/mol. The number of nitrogens with zero attached hydrogens (tertiary/aromatic N) is 2. The second kappa shape index (κ2) is 9.95. The number of piperazine rings is 1. The van der Waals surface area contributed by atoms with E-state index < -0.39 is 10.0 Å². The van der Waals surface area contributed by atoms with Gasteiger partial charge in [0, 0.05) is 31.9 Å². The van der Waals surface area contributed by atoms with Crippen LogP contribution in [0.1, 0.15) is 6.42 Å². The van der Waals surface area contributed by atoms with Crippen molar-refractivity contribution < 1.29 is 27.5 Å². The lowest BCUT2D eigenvalue weighted by Crippen LogP contribution is -2.51. The number of hydrogen-bond donors (Lipinski definition) is 0. The molecule has 27 heavy (non-hydrogen) atoms. The van der Waals surface area contributed by atoms with Gasteiger partial charge in [-0.2, -0.15) is 16.1 Å². The van der Waals surface area contributed by atoms with Crippen molar-refractivity contribution in [3.05, 3.63) is 24.3 Å². The number of sulfonamides is 1. The minimum atomic E-state index is -3.59. The fourth-order valence-corrected chi connectivity index (χ4v) is 4.82.